The number of benzene rings is 3. The molecule has 3 aromatic carbocycles. The van der Waals surface area contributed by atoms with Gasteiger partial charge in [0.25, 0.3) is 5.91 Å². The lowest BCUT2D eigenvalue weighted by atomic mass is 9.93. The predicted octanol–water partition coefficient (Wildman–Crippen LogP) is 6.83. The van der Waals surface area contributed by atoms with E-state index in [2.05, 4.69) is 6.07 Å². The van der Waals surface area contributed by atoms with Gasteiger partial charge in [0.2, 0.25) is 5.91 Å². The maximum atomic E-state index is 13.8. The lowest BCUT2D eigenvalue weighted by molar-refractivity contribution is -0.134. The first-order valence-electron chi connectivity index (χ1n) is 13.0. The van der Waals surface area contributed by atoms with Crippen LogP contribution < -0.4 is 0 Å². The van der Waals surface area contributed by atoms with Crippen molar-refractivity contribution in [3.63, 3.8) is 0 Å². The van der Waals surface area contributed by atoms with Crippen molar-refractivity contribution in [2.24, 2.45) is 5.92 Å². The molecule has 0 radical (unpaired) electrons. The van der Waals surface area contributed by atoms with E-state index in [1.165, 1.54) is 17.0 Å². The summed E-state index contributed by atoms with van der Waals surface area (Å²) in [4.78, 5) is 32.2. The van der Waals surface area contributed by atoms with E-state index in [4.69, 9.17) is 0 Å². The van der Waals surface area contributed by atoms with Gasteiger partial charge in [-0.3, -0.25) is 9.59 Å². The van der Waals surface area contributed by atoms with E-state index in [1.807, 2.05) is 78.7 Å². The van der Waals surface area contributed by atoms with E-state index in [-0.39, 0.29) is 36.1 Å². The maximum absolute atomic E-state index is 13.8. The fourth-order valence-corrected chi connectivity index (χ4v) is 6.03. The van der Waals surface area contributed by atoms with Crippen LogP contribution in [-0.4, -0.2) is 41.2 Å². The number of rotatable bonds is 7. The van der Waals surface area contributed by atoms with E-state index >= 15 is 0 Å². The van der Waals surface area contributed by atoms with Gasteiger partial charge in [-0.1, -0.05) is 68.4 Å². The SMILES string of the molecule is CC(C)CN(CC(=O)N1CCc2sccc2C1c1ccc(F)cc1)C(=O)c1ccc(-c2ccccc2)cc1. The average molecular weight is 527 g/mol. The molecule has 0 saturated carbocycles. The van der Waals surface area contributed by atoms with Gasteiger partial charge in [0.15, 0.2) is 0 Å². The van der Waals surface area contributed by atoms with Gasteiger partial charge < -0.3 is 9.80 Å². The van der Waals surface area contributed by atoms with Crippen LogP contribution in [0.4, 0.5) is 4.39 Å². The Morgan fingerprint density at radius 3 is 2.32 bits per heavy atom. The molecule has 1 atom stereocenters. The zero-order chi connectivity index (χ0) is 26.6. The molecule has 0 spiro atoms. The van der Waals surface area contributed by atoms with E-state index < -0.39 is 0 Å². The molecule has 0 bridgehead atoms. The number of fused-ring (bicyclic) bond motifs is 1. The molecule has 0 aliphatic carbocycles. The van der Waals surface area contributed by atoms with Crippen molar-refractivity contribution in [2.75, 3.05) is 19.6 Å². The lowest BCUT2D eigenvalue weighted by Gasteiger charge is -2.38. The number of hydrogen-bond donors (Lipinski definition) is 0. The Morgan fingerprint density at radius 2 is 1.63 bits per heavy atom. The highest BCUT2D eigenvalue weighted by Gasteiger charge is 2.34. The summed E-state index contributed by atoms with van der Waals surface area (Å²) in [6.07, 6.45) is 0.773. The molecule has 4 nitrogen and oxygen atoms in total. The van der Waals surface area contributed by atoms with E-state index in [0.29, 0.717) is 18.7 Å². The van der Waals surface area contributed by atoms with Crippen LogP contribution in [0.25, 0.3) is 11.1 Å². The minimum absolute atomic E-state index is 0.00534. The average Bonchev–Trinajstić information content (AvgIpc) is 3.42. The Bertz CT molecular complexity index is 1400. The van der Waals surface area contributed by atoms with Crippen LogP contribution in [0.2, 0.25) is 0 Å². The van der Waals surface area contributed by atoms with Gasteiger partial charge >= 0.3 is 0 Å². The number of carbonyl (C=O) groups is 2. The third-order valence-corrected chi connectivity index (χ3v) is 7.91. The van der Waals surface area contributed by atoms with Crippen molar-refractivity contribution < 1.29 is 14.0 Å². The van der Waals surface area contributed by atoms with Crippen molar-refractivity contribution in [1.29, 1.82) is 0 Å². The monoisotopic (exact) mass is 526 g/mol. The molecule has 0 fully saturated rings. The summed E-state index contributed by atoms with van der Waals surface area (Å²) in [6.45, 7) is 5.12. The molecule has 6 heteroatoms. The van der Waals surface area contributed by atoms with Crippen LogP contribution in [0.3, 0.4) is 0 Å². The van der Waals surface area contributed by atoms with Crippen LogP contribution in [-0.2, 0) is 11.2 Å². The Kier molecular flexibility index (Phi) is 7.70. The highest BCUT2D eigenvalue weighted by molar-refractivity contribution is 7.10. The summed E-state index contributed by atoms with van der Waals surface area (Å²) in [6, 6.07) is 25.7. The van der Waals surface area contributed by atoms with Gasteiger partial charge in [-0.15, -0.1) is 11.3 Å². The van der Waals surface area contributed by atoms with Crippen LogP contribution in [0.5, 0.6) is 0 Å². The number of nitrogens with zero attached hydrogens (tertiary/aromatic N) is 2. The summed E-state index contributed by atoms with van der Waals surface area (Å²) in [5.41, 5.74) is 4.64. The number of amides is 2. The van der Waals surface area contributed by atoms with Crippen LogP contribution in [0, 0.1) is 11.7 Å². The molecule has 1 unspecified atom stereocenters. The highest BCUT2D eigenvalue weighted by Crippen LogP contribution is 2.38. The number of hydrogen-bond acceptors (Lipinski definition) is 3. The Labute approximate surface area is 227 Å². The summed E-state index contributed by atoms with van der Waals surface area (Å²) in [7, 11) is 0. The lowest BCUT2D eigenvalue weighted by Crippen LogP contribution is -2.47. The number of carbonyl (C=O) groups excluding carboxylic acids is 2. The molecule has 1 aliphatic heterocycles. The van der Waals surface area contributed by atoms with E-state index in [9.17, 15) is 14.0 Å². The predicted molar refractivity (Wildman–Crippen MR) is 151 cm³/mol. The quantitative estimate of drug-likeness (QED) is 0.265. The topological polar surface area (TPSA) is 40.6 Å². The Hall–Kier alpha value is -3.77. The first kappa shape index (κ1) is 25.9. The minimum atomic E-state index is -0.306. The molecular formula is C32H31FN2O2S. The zero-order valence-corrected chi connectivity index (χ0v) is 22.5. The number of thiophene rings is 1. The van der Waals surface area contributed by atoms with Gasteiger partial charge in [0, 0.05) is 23.5 Å². The molecule has 4 aromatic rings. The molecular weight excluding hydrogens is 495 g/mol. The zero-order valence-electron chi connectivity index (χ0n) is 21.6. The second-order valence-electron chi connectivity index (χ2n) is 10.1. The summed E-state index contributed by atoms with van der Waals surface area (Å²) < 4.78 is 13.7. The normalized spacial score (nSPS) is 14.8. The van der Waals surface area contributed by atoms with Crippen LogP contribution >= 0.6 is 11.3 Å². The molecule has 1 aliphatic rings. The minimum Gasteiger partial charge on any atom is -0.330 e. The number of halogens is 1. The fraction of sp³-hybridized carbons (Fsp3) is 0.250. The first-order chi connectivity index (χ1) is 18.4. The molecule has 0 saturated heterocycles. The summed E-state index contributed by atoms with van der Waals surface area (Å²) >= 11 is 1.69. The Balaban J connectivity index is 1.39. The molecule has 2 amide bonds. The van der Waals surface area contributed by atoms with Crippen molar-refractivity contribution in [3.8, 4) is 11.1 Å². The van der Waals surface area contributed by atoms with Crippen molar-refractivity contribution >= 4 is 23.2 Å². The third-order valence-electron chi connectivity index (χ3n) is 6.91. The molecule has 2 heterocycles. The third kappa shape index (κ3) is 5.55. The standard InChI is InChI=1S/C32H31FN2O2S/c1-22(2)20-34(32(37)26-10-8-24(9-11-26)23-6-4-3-5-7-23)21-30(36)35-18-16-29-28(17-19-38-29)31(35)25-12-14-27(33)15-13-25/h3-15,17,19,22,31H,16,18,20-21H2,1-2H3. The van der Waals surface area contributed by atoms with Gasteiger partial charge in [0.1, 0.15) is 12.4 Å². The summed E-state index contributed by atoms with van der Waals surface area (Å²) in [5, 5.41) is 2.04. The van der Waals surface area contributed by atoms with Gasteiger partial charge in [-0.05, 0) is 70.3 Å². The van der Waals surface area contributed by atoms with Gasteiger partial charge in [-0.25, -0.2) is 4.39 Å². The smallest absolute Gasteiger partial charge is 0.254 e. The van der Waals surface area contributed by atoms with E-state index in [1.54, 1.807) is 28.4 Å². The second-order valence-corrected chi connectivity index (χ2v) is 11.1. The van der Waals surface area contributed by atoms with Crippen LogP contribution in [0.1, 0.15) is 46.3 Å². The Morgan fingerprint density at radius 1 is 0.947 bits per heavy atom. The summed E-state index contributed by atoms with van der Waals surface area (Å²) in [5.74, 6) is -0.364. The first-order valence-corrected chi connectivity index (χ1v) is 13.8. The van der Waals surface area contributed by atoms with E-state index in [0.717, 1.165) is 28.7 Å². The van der Waals surface area contributed by atoms with Crippen LogP contribution in [0.15, 0.2) is 90.3 Å². The fourth-order valence-electron chi connectivity index (χ4n) is 5.12. The molecule has 0 N–H and O–H groups in total. The van der Waals surface area contributed by atoms with Gasteiger partial charge in [-0.2, -0.15) is 0 Å². The van der Waals surface area contributed by atoms with Gasteiger partial charge in [0.05, 0.1) is 6.04 Å². The van der Waals surface area contributed by atoms with Crippen molar-refractivity contribution in [3.05, 3.63) is 118 Å². The van der Waals surface area contributed by atoms with Crippen molar-refractivity contribution in [1.82, 2.24) is 9.80 Å². The van der Waals surface area contributed by atoms with Crippen molar-refractivity contribution in [2.45, 2.75) is 26.3 Å². The maximum Gasteiger partial charge on any atom is 0.254 e. The molecule has 38 heavy (non-hydrogen) atoms. The molecule has 5 rings (SSSR count). The molecule has 194 valence electrons. The largest absolute Gasteiger partial charge is 0.330 e. The second kappa shape index (κ2) is 11.3. The molecule has 1 aromatic heterocycles. The highest BCUT2D eigenvalue weighted by atomic mass is 32.1.